The van der Waals surface area contributed by atoms with E-state index in [2.05, 4.69) is 15.3 Å². The zero-order valence-electron chi connectivity index (χ0n) is 13.2. The second kappa shape index (κ2) is 7.09. The molecule has 0 aliphatic rings. The number of carbonyl (C=O) groups is 1. The lowest BCUT2D eigenvalue weighted by atomic mass is 10.2. The Kier molecular flexibility index (Phi) is 5.27. The number of nitriles is 1. The van der Waals surface area contributed by atoms with Gasteiger partial charge in [-0.3, -0.25) is 4.79 Å². The van der Waals surface area contributed by atoms with Gasteiger partial charge in [-0.1, -0.05) is 6.92 Å². The van der Waals surface area contributed by atoms with Gasteiger partial charge in [-0.15, -0.1) is 0 Å². The van der Waals surface area contributed by atoms with E-state index in [9.17, 15) is 26.4 Å². The zero-order chi connectivity index (χ0) is 19.5. The Morgan fingerprint density at radius 3 is 2.46 bits per heavy atom. The second-order valence-electron chi connectivity index (χ2n) is 4.97. The second-order valence-corrected chi connectivity index (χ2v) is 7.22. The van der Waals surface area contributed by atoms with Crippen molar-refractivity contribution >= 4 is 21.6 Å². The maximum atomic E-state index is 12.5. The molecule has 0 atom stereocenters. The van der Waals surface area contributed by atoms with Gasteiger partial charge in [0.25, 0.3) is 5.91 Å². The number of nitrogens with one attached hydrogen (secondary N) is 1. The van der Waals surface area contributed by atoms with E-state index in [4.69, 9.17) is 5.26 Å². The van der Waals surface area contributed by atoms with Crippen molar-refractivity contribution in [2.75, 3.05) is 11.1 Å². The maximum Gasteiger partial charge on any atom is 0.417 e. The summed E-state index contributed by atoms with van der Waals surface area (Å²) in [4.78, 5) is 19.0. The Morgan fingerprint density at radius 1 is 1.27 bits per heavy atom. The molecule has 0 bridgehead atoms. The van der Waals surface area contributed by atoms with Crippen LogP contribution >= 0.6 is 0 Å². The lowest BCUT2D eigenvalue weighted by Crippen LogP contribution is -2.20. The first-order chi connectivity index (χ1) is 12.1. The van der Waals surface area contributed by atoms with Gasteiger partial charge in [0.15, 0.2) is 9.84 Å². The van der Waals surface area contributed by atoms with Crippen LogP contribution in [0.25, 0.3) is 0 Å². The highest BCUT2D eigenvalue weighted by atomic mass is 32.2. The molecule has 0 saturated heterocycles. The molecule has 2 aromatic rings. The number of alkyl halides is 3. The van der Waals surface area contributed by atoms with E-state index < -0.39 is 38.1 Å². The summed E-state index contributed by atoms with van der Waals surface area (Å²) in [6.45, 7) is 1.35. The minimum absolute atomic E-state index is 0.0544. The summed E-state index contributed by atoms with van der Waals surface area (Å²) in [5.41, 5.74) is -1.53. The highest BCUT2D eigenvalue weighted by Crippen LogP contribution is 2.29. The normalized spacial score (nSPS) is 11.7. The summed E-state index contributed by atoms with van der Waals surface area (Å²) in [6, 6.07) is 4.39. The molecule has 0 unspecified atom stereocenters. The first-order valence-corrected chi connectivity index (χ1v) is 8.71. The van der Waals surface area contributed by atoms with Gasteiger partial charge in [0.05, 0.1) is 21.8 Å². The predicted molar refractivity (Wildman–Crippen MR) is 83.9 cm³/mol. The number of pyridine rings is 2. The predicted octanol–water partition coefficient (Wildman–Crippen LogP) is 2.41. The number of nitrogens with zero attached hydrogens (tertiary/aromatic N) is 3. The van der Waals surface area contributed by atoms with Gasteiger partial charge in [0.2, 0.25) is 0 Å². The number of anilines is 1. The summed E-state index contributed by atoms with van der Waals surface area (Å²) in [7, 11) is -3.87. The number of halogens is 3. The number of sulfone groups is 1. The monoisotopic (exact) mass is 384 g/mol. The molecule has 1 N–H and O–H groups in total. The summed E-state index contributed by atoms with van der Waals surface area (Å²) in [5, 5.41) is 11.1. The number of carbonyl (C=O) groups excluding carboxylic acids is 1. The van der Waals surface area contributed by atoms with Crippen LogP contribution in [0.15, 0.2) is 35.5 Å². The van der Waals surface area contributed by atoms with E-state index in [1.54, 1.807) is 6.07 Å². The van der Waals surface area contributed by atoms with Crippen molar-refractivity contribution in [1.82, 2.24) is 9.97 Å². The van der Waals surface area contributed by atoms with Crippen LogP contribution in [0.4, 0.5) is 19.0 Å². The number of hydrogen-bond donors (Lipinski definition) is 1. The van der Waals surface area contributed by atoms with Gasteiger partial charge in [0.1, 0.15) is 17.6 Å². The van der Waals surface area contributed by atoms with Crippen molar-refractivity contribution in [2.24, 2.45) is 0 Å². The Bertz CT molecular complexity index is 981. The number of hydrogen-bond acceptors (Lipinski definition) is 6. The standard InChI is InChI=1S/C15H11F3N4O3S/c1-2-26(24,25)11-5-9(6-19)7-21-13(11)14(23)22-12-4-3-10(8-20-12)15(16,17)18/h3-5,7-8H,2H2,1H3,(H,20,22,23). The highest BCUT2D eigenvalue weighted by Gasteiger charge is 2.31. The molecule has 1 amide bonds. The van der Waals surface area contributed by atoms with Crippen LogP contribution in [0.2, 0.25) is 0 Å². The largest absolute Gasteiger partial charge is 0.417 e. The van der Waals surface area contributed by atoms with Crippen molar-refractivity contribution in [3.8, 4) is 6.07 Å². The summed E-state index contributed by atoms with van der Waals surface area (Å²) >= 11 is 0. The molecule has 11 heteroatoms. The van der Waals surface area contributed by atoms with Crippen molar-refractivity contribution < 1.29 is 26.4 Å². The van der Waals surface area contributed by atoms with E-state index in [1.807, 2.05) is 0 Å². The SMILES string of the molecule is CCS(=O)(=O)c1cc(C#N)cnc1C(=O)Nc1ccc(C(F)(F)F)cn1. The van der Waals surface area contributed by atoms with Crippen LogP contribution in [0.5, 0.6) is 0 Å². The fraction of sp³-hybridized carbons (Fsp3) is 0.200. The smallest absolute Gasteiger partial charge is 0.305 e. The molecule has 136 valence electrons. The first-order valence-electron chi connectivity index (χ1n) is 7.06. The molecule has 0 fully saturated rings. The molecule has 0 aromatic carbocycles. The van der Waals surface area contributed by atoms with E-state index in [0.29, 0.717) is 6.20 Å². The van der Waals surface area contributed by atoms with Gasteiger partial charge in [-0.2, -0.15) is 18.4 Å². The van der Waals surface area contributed by atoms with Crippen LogP contribution in [0.1, 0.15) is 28.5 Å². The summed E-state index contributed by atoms with van der Waals surface area (Å²) in [5.74, 6) is -1.52. The molecule has 0 aliphatic carbocycles. The third-order valence-electron chi connectivity index (χ3n) is 3.24. The van der Waals surface area contributed by atoms with Gasteiger partial charge in [0, 0.05) is 12.4 Å². The minimum atomic E-state index is -4.58. The Hall–Kier alpha value is -3.00. The molecule has 26 heavy (non-hydrogen) atoms. The van der Waals surface area contributed by atoms with E-state index >= 15 is 0 Å². The van der Waals surface area contributed by atoms with Gasteiger partial charge in [-0.25, -0.2) is 18.4 Å². The molecule has 2 rings (SSSR count). The molecule has 0 radical (unpaired) electrons. The molecular weight excluding hydrogens is 373 g/mol. The van der Waals surface area contributed by atoms with Crippen molar-refractivity contribution in [3.63, 3.8) is 0 Å². The maximum absolute atomic E-state index is 12.5. The third-order valence-corrected chi connectivity index (χ3v) is 4.99. The number of amides is 1. The summed E-state index contributed by atoms with van der Waals surface area (Å²) in [6.07, 6.45) is -3.03. The molecule has 0 saturated carbocycles. The van der Waals surface area contributed by atoms with Crippen molar-refractivity contribution in [3.05, 3.63) is 47.4 Å². The van der Waals surface area contributed by atoms with Crippen LogP contribution in [0.3, 0.4) is 0 Å². The number of aromatic nitrogens is 2. The number of rotatable bonds is 4. The molecule has 2 heterocycles. The highest BCUT2D eigenvalue weighted by molar-refractivity contribution is 7.91. The van der Waals surface area contributed by atoms with Crippen LogP contribution in [0, 0.1) is 11.3 Å². The molecule has 0 spiro atoms. The van der Waals surface area contributed by atoms with Crippen molar-refractivity contribution in [1.29, 1.82) is 5.26 Å². The Labute approximate surface area is 146 Å². The van der Waals surface area contributed by atoms with E-state index in [0.717, 1.165) is 24.4 Å². The van der Waals surface area contributed by atoms with Gasteiger partial charge < -0.3 is 5.32 Å². The van der Waals surface area contributed by atoms with Gasteiger partial charge in [-0.05, 0) is 18.2 Å². The Balaban J connectivity index is 2.37. The molecular formula is C15H11F3N4O3S. The molecule has 0 aliphatic heterocycles. The molecule has 2 aromatic heterocycles. The molecule has 7 nitrogen and oxygen atoms in total. The lowest BCUT2D eigenvalue weighted by Gasteiger charge is -2.10. The van der Waals surface area contributed by atoms with Crippen molar-refractivity contribution in [2.45, 2.75) is 18.0 Å². The minimum Gasteiger partial charge on any atom is -0.305 e. The third kappa shape index (κ3) is 4.15. The topological polar surface area (TPSA) is 113 Å². The van der Waals surface area contributed by atoms with Crippen LogP contribution < -0.4 is 5.32 Å². The quantitative estimate of drug-likeness (QED) is 0.866. The van der Waals surface area contributed by atoms with Crippen LogP contribution in [-0.2, 0) is 16.0 Å². The van der Waals surface area contributed by atoms with Gasteiger partial charge >= 0.3 is 6.18 Å². The van der Waals surface area contributed by atoms with E-state index in [1.165, 1.54) is 6.92 Å². The first kappa shape index (κ1) is 19.3. The average Bonchev–Trinajstić information content (AvgIpc) is 2.60. The fourth-order valence-electron chi connectivity index (χ4n) is 1.88. The summed E-state index contributed by atoms with van der Waals surface area (Å²) < 4.78 is 61.8. The lowest BCUT2D eigenvalue weighted by molar-refractivity contribution is -0.137. The average molecular weight is 384 g/mol. The zero-order valence-corrected chi connectivity index (χ0v) is 14.0. The van der Waals surface area contributed by atoms with E-state index in [-0.39, 0.29) is 17.1 Å². The fourth-order valence-corrected chi connectivity index (χ4v) is 2.94. The van der Waals surface area contributed by atoms with Crippen LogP contribution in [-0.4, -0.2) is 30.0 Å². The Morgan fingerprint density at radius 2 is 1.96 bits per heavy atom.